The molecule has 2 aromatic carbocycles. The number of phenols is 1. The third-order valence-electron chi connectivity index (χ3n) is 4.21. The summed E-state index contributed by atoms with van der Waals surface area (Å²) in [6.45, 7) is 1.47. The molecule has 0 radical (unpaired) electrons. The summed E-state index contributed by atoms with van der Waals surface area (Å²) in [5.74, 6) is 1.27. The summed E-state index contributed by atoms with van der Waals surface area (Å²) >= 11 is 0. The quantitative estimate of drug-likeness (QED) is 0.928. The van der Waals surface area contributed by atoms with E-state index in [4.69, 9.17) is 9.47 Å². The van der Waals surface area contributed by atoms with Crippen LogP contribution in [0.2, 0.25) is 0 Å². The van der Waals surface area contributed by atoms with E-state index in [-0.39, 0.29) is 17.7 Å². The monoisotopic (exact) mass is 340 g/mol. The summed E-state index contributed by atoms with van der Waals surface area (Å²) in [6.07, 6.45) is 0.494. The van der Waals surface area contributed by atoms with Gasteiger partial charge in [-0.15, -0.1) is 0 Å². The van der Waals surface area contributed by atoms with Gasteiger partial charge in [-0.3, -0.25) is 4.79 Å². The topological polar surface area (TPSA) is 71.4 Å². The Kier molecular flexibility index (Phi) is 4.61. The second-order valence-electron chi connectivity index (χ2n) is 5.79. The van der Waals surface area contributed by atoms with Crippen molar-refractivity contribution in [3.63, 3.8) is 0 Å². The predicted molar refractivity (Wildman–Crippen MR) is 94.1 cm³/mol. The van der Waals surface area contributed by atoms with Gasteiger partial charge in [0, 0.05) is 25.0 Å². The molecule has 1 aliphatic heterocycles. The Hall–Kier alpha value is -3.02. The van der Waals surface area contributed by atoms with E-state index in [0.29, 0.717) is 29.2 Å². The fourth-order valence-electron chi connectivity index (χ4n) is 2.96. The molecule has 1 N–H and O–H groups in total. The Bertz CT molecular complexity index is 810. The fraction of sp³-hybridized carbons (Fsp3) is 0.263. The van der Waals surface area contributed by atoms with E-state index in [2.05, 4.69) is 5.10 Å². The Morgan fingerprint density at radius 3 is 2.36 bits per heavy atom. The molecule has 25 heavy (non-hydrogen) atoms. The van der Waals surface area contributed by atoms with Crippen molar-refractivity contribution >= 4 is 11.6 Å². The number of carbonyl (C=O) groups excluding carboxylic acids is 1. The molecule has 6 heteroatoms. The van der Waals surface area contributed by atoms with Gasteiger partial charge < -0.3 is 14.6 Å². The zero-order valence-electron chi connectivity index (χ0n) is 14.4. The van der Waals surface area contributed by atoms with E-state index in [0.717, 1.165) is 5.56 Å². The second kappa shape index (κ2) is 6.84. The average Bonchev–Trinajstić information content (AvgIpc) is 3.07. The molecule has 3 rings (SSSR count). The van der Waals surface area contributed by atoms with Crippen LogP contribution in [0.3, 0.4) is 0 Å². The molecule has 0 saturated carbocycles. The van der Waals surface area contributed by atoms with Gasteiger partial charge in [0.25, 0.3) is 0 Å². The fourth-order valence-corrected chi connectivity index (χ4v) is 2.96. The minimum absolute atomic E-state index is 0.147. The molecule has 2 aromatic rings. The first-order valence-electron chi connectivity index (χ1n) is 7.92. The van der Waals surface area contributed by atoms with Gasteiger partial charge in [0.2, 0.25) is 5.91 Å². The third-order valence-corrected chi connectivity index (χ3v) is 4.21. The number of hydrogen-bond acceptors (Lipinski definition) is 5. The zero-order chi connectivity index (χ0) is 18.0. The van der Waals surface area contributed by atoms with Crippen LogP contribution in [-0.2, 0) is 4.79 Å². The first kappa shape index (κ1) is 16.8. The number of amides is 1. The van der Waals surface area contributed by atoms with Crippen molar-refractivity contribution in [1.82, 2.24) is 5.01 Å². The SMILES string of the molecule is COc1cc(OC)cc([C@@H]2CC(c3ccccc3O)=NN2C(C)=O)c1. The van der Waals surface area contributed by atoms with Crippen LogP contribution in [0.1, 0.15) is 30.5 Å². The maximum atomic E-state index is 12.1. The van der Waals surface area contributed by atoms with E-state index in [1.54, 1.807) is 38.5 Å². The number of carbonyl (C=O) groups is 1. The lowest BCUT2D eigenvalue weighted by Crippen LogP contribution is -2.24. The van der Waals surface area contributed by atoms with Gasteiger partial charge in [-0.25, -0.2) is 5.01 Å². The lowest BCUT2D eigenvalue weighted by atomic mass is 9.97. The van der Waals surface area contributed by atoms with E-state index in [1.807, 2.05) is 18.2 Å². The summed E-state index contributed by atoms with van der Waals surface area (Å²) < 4.78 is 10.6. The number of phenolic OH excluding ortho intramolecular Hbond substituents is 1. The predicted octanol–water partition coefficient (Wildman–Crippen LogP) is 3.11. The Morgan fingerprint density at radius 2 is 1.80 bits per heavy atom. The molecule has 0 aliphatic carbocycles. The largest absolute Gasteiger partial charge is 0.507 e. The molecular weight excluding hydrogens is 320 g/mol. The van der Waals surface area contributed by atoms with Crippen molar-refractivity contribution < 1.29 is 19.4 Å². The average molecular weight is 340 g/mol. The van der Waals surface area contributed by atoms with E-state index < -0.39 is 0 Å². The maximum Gasteiger partial charge on any atom is 0.240 e. The van der Waals surface area contributed by atoms with Crippen LogP contribution in [0, 0.1) is 0 Å². The summed E-state index contributed by atoms with van der Waals surface area (Å²) in [5, 5.41) is 16.0. The molecule has 0 bridgehead atoms. The number of methoxy groups -OCH3 is 2. The van der Waals surface area contributed by atoms with Gasteiger partial charge in [-0.1, -0.05) is 12.1 Å². The molecule has 130 valence electrons. The van der Waals surface area contributed by atoms with Crippen molar-refractivity contribution in [2.75, 3.05) is 14.2 Å². The molecule has 1 heterocycles. The highest BCUT2D eigenvalue weighted by molar-refractivity contribution is 6.05. The first-order valence-corrected chi connectivity index (χ1v) is 7.92. The number of rotatable bonds is 4. The summed E-state index contributed by atoms with van der Waals surface area (Å²) in [5.41, 5.74) is 2.16. The molecule has 0 fully saturated rings. The summed E-state index contributed by atoms with van der Waals surface area (Å²) in [4.78, 5) is 12.1. The van der Waals surface area contributed by atoms with E-state index >= 15 is 0 Å². The van der Waals surface area contributed by atoms with Crippen LogP contribution < -0.4 is 9.47 Å². The summed E-state index contributed by atoms with van der Waals surface area (Å²) in [7, 11) is 3.17. The second-order valence-corrected chi connectivity index (χ2v) is 5.79. The molecule has 6 nitrogen and oxygen atoms in total. The zero-order valence-corrected chi connectivity index (χ0v) is 14.4. The molecule has 0 spiro atoms. The van der Waals surface area contributed by atoms with Crippen molar-refractivity contribution in [3.05, 3.63) is 53.6 Å². The maximum absolute atomic E-state index is 12.1. The highest BCUT2D eigenvalue weighted by atomic mass is 16.5. The van der Waals surface area contributed by atoms with Crippen LogP contribution in [0.4, 0.5) is 0 Å². The van der Waals surface area contributed by atoms with Crippen LogP contribution in [0.15, 0.2) is 47.6 Å². The number of benzene rings is 2. The first-order chi connectivity index (χ1) is 12.0. The highest BCUT2D eigenvalue weighted by Gasteiger charge is 2.32. The van der Waals surface area contributed by atoms with Crippen molar-refractivity contribution in [2.24, 2.45) is 5.10 Å². The van der Waals surface area contributed by atoms with Crippen LogP contribution in [0.25, 0.3) is 0 Å². The molecule has 1 atom stereocenters. The standard InChI is InChI=1S/C19H20N2O4/c1-12(22)21-18(13-8-14(24-2)10-15(9-13)25-3)11-17(20-21)16-6-4-5-7-19(16)23/h4-10,18,23H,11H2,1-3H3/t18-/m0/s1. The van der Waals surface area contributed by atoms with Gasteiger partial charge in [0.15, 0.2) is 0 Å². The number of hydrazone groups is 1. The Balaban J connectivity index is 2.01. The van der Waals surface area contributed by atoms with Gasteiger partial charge in [0.1, 0.15) is 17.2 Å². The number of ether oxygens (including phenoxy) is 2. The van der Waals surface area contributed by atoms with E-state index in [9.17, 15) is 9.90 Å². The number of aromatic hydroxyl groups is 1. The minimum Gasteiger partial charge on any atom is -0.507 e. The van der Waals surface area contributed by atoms with Gasteiger partial charge in [-0.2, -0.15) is 5.10 Å². The van der Waals surface area contributed by atoms with Crippen LogP contribution in [-0.4, -0.2) is 36.0 Å². The normalized spacial score (nSPS) is 16.5. The lowest BCUT2D eigenvalue weighted by molar-refractivity contribution is -0.130. The number of nitrogens with zero attached hydrogens (tertiary/aromatic N) is 2. The van der Waals surface area contributed by atoms with E-state index in [1.165, 1.54) is 11.9 Å². The number of hydrogen-bond donors (Lipinski definition) is 1. The van der Waals surface area contributed by atoms with Crippen LogP contribution >= 0.6 is 0 Å². The number of para-hydroxylation sites is 1. The van der Waals surface area contributed by atoms with Crippen LogP contribution in [0.5, 0.6) is 17.2 Å². The van der Waals surface area contributed by atoms with Gasteiger partial charge >= 0.3 is 0 Å². The molecule has 1 aliphatic rings. The molecular formula is C19H20N2O4. The van der Waals surface area contributed by atoms with Crippen molar-refractivity contribution in [2.45, 2.75) is 19.4 Å². The smallest absolute Gasteiger partial charge is 0.240 e. The minimum atomic E-state index is -0.281. The Morgan fingerprint density at radius 1 is 1.16 bits per heavy atom. The third kappa shape index (κ3) is 3.28. The molecule has 0 saturated heterocycles. The van der Waals surface area contributed by atoms with Crippen molar-refractivity contribution in [1.29, 1.82) is 0 Å². The van der Waals surface area contributed by atoms with Crippen molar-refractivity contribution in [3.8, 4) is 17.2 Å². The van der Waals surface area contributed by atoms with Gasteiger partial charge in [0.05, 0.1) is 26.0 Å². The summed E-state index contributed by atoms with van der Waals surface area (Å²) in [6, 6.07) is 12.2. The Labute approximate surface area is 146 Å². The lowest BCUT2D eigenvalue weighted by Gasteiger charge is -2.21. The highest BCUT2D eigenvalue weighted by Crippen LogP contribution is 2.37. The molecule has 0 unspecified atom stereocenters. The molecule has 1 amide bonds. The molecule has 0 aromatic heterocycles. The van der Waals surface area contributed by atoms with Gasteiger partial charge in [-0.05, 0) is 29.8 Å².